The van der Waals surface area contributed by atoms with Crippen molar-refractivity contribution in [2.45, 2.75) is 24.8 Å². The third-order valence-electron chi connectivity index (χ3n) is 5.28. The van der Waals surface area contributed by atoms with Gasteiger partial charge in [-0.1, -0.05) is 66.0 Å². The largest absolute Gasteiger partial charge is 0.463 e. The lowest BCUT2D eigenvalue weighted by molar-refractivity contribution is -0.139. The van der Waals surface area contributed by atoms with Crippen molar-refractivity contribution < 1.29 is 9.53 Å². The third kappa shape index (κ3) is 4.79. The molecule has 0 saturated heterocycles. The summed E-state index contributed by atoms with van der Waals surface area (Å²) in [5.41, 5.74) is 2.68. The Morgan fingerprint density at radius 1 is 1.18 bits per heavy atom. The number of hydrogen-bond donors (Lipinski definition) is 0. The van der Waals surface area contributed by atoms with E-state index in [1.807, 2.05) is 73.0 Å². The standard InChI is InChI=1S/C26H24N2O3S2/c1-4-31-25(30)22-17(2)27-26-28(23(22)19-13-15-20(32-3)16-14-19)24(29)21(33-26)12-8-11-18-9-6-5-7-10-18/h5-16,23H,4H2,1-3H3/b11-8+,21-12+/t23-/m0/s1. The van der Waals surface area contributed by atoms with E-state index in [1.54, 1.807) is 36.3 Å². The van der Waals surface area contributed by atoms with Crippen molar-refractivity contribution >= 4 is 41.2 Å². The number of hydrogen-bond acceptors (Lipinski definition) is 6. The Morgan fingerprint density at radius 3 is 2.58 bits per heavy atom. The van der Waals surface area contributed by atoms with Crippen LogP contribution in [0.2, 0.25) is 0 Å². The zero-order valence-corrected chi connectivity index (χ0v) is 20.3. The Kier molecular flexibility index (Phi) is 7.11. The van der Waals surface area contributed by atoms with Crippen LogP contribution in [0.15, 0.2) is 86.6 Å². The van der Waals surface area contributed by atoms with Crippen molar-refractivity contribution in [3.05, 3.63) is 103 Å². The lowest BCUT2D eigenvalue weighted by Gasteiger charge is -2.24. The summed E-state index contributed by atoms with van der Waals surface area (Å²) in [4.78, 5) is 32.6. The van der Waals surface area contributed by atoms with E-state index in [1.165, 1.54) is 11.3 Å². The van der Waals surface area contributed by atoms with Gasteiger partial charge >= 0.3 is 5.97 Å². The zero-order valence-electron chi connectivity index (χ0n) is 18.6. The molecule has 0 unspecified atom stereocenters. The van der Waals surface area contributed by atoms with E-state index in [4.69, 9.17) is 4.74 Å². The van der Waals surface area contributed by atoms with E-state index >= 15 is 0 Å². The van der Waals surface area contributed by atoms with Crippen molar-refractivity contribution in [2.24, 2.45) is 4.99 Å². The minimum Gasteiger partial charge on any atom is -0.463 e. The van der Waals surface area contributed by atoms with Crippen LogP contribution in [0.25, 0.3) is 12.2 Å². The molecular weight excluding hydrogens is 452 g/mol. The summed E-state index contributed by atoms with van der Waals surface area (Å²) in [7, 11) is 0. The molecular formula is C26H24N2O3S2. The molecule has 0 aliphatic carbocycles. The molecule has 2 aromatic carbocycles. The highest BCUT2D eigenvalue weighted by Gasteiger charge is 2.33. The minimum atomic E-state index is -0.587. The van der Waals surface area contributed by atoms with Gasteiger partial charge in [0.05, 0.1) is 28.5 Å². The molecule has 0 spiro atoms. The van der Waals surface area contributed by atoms with Crippen molar-refractivity contribution in [3.8, 4) is 0 Å². The number of esters is 1. The molecule has 33 heavy (non-hydrogen) atoms. The summed E-state index contributed by atoms with van der Waals surface area (Å²) in [6.45, 7) is 3.81. The first-order valence-electron chi connectivity index (χ1n) is 10.6. The number of thiazole rings is 1. The molecule has 0 radical (unpaired) electrons. The average molecular weight is 477 g/mol. The molecule has 0 fully saturated rings. The first-order chi connectivity index (χ1) is 16.0. The fourth-order valence-electron chi connectivity index (χ4n) is 3.72. The molecule has 2 heterocycles. The minimum absolute atomic E-state index is 0.176. The zero-order chi connectivity index (χ0) is 23.4. The summed E-state index contributed by atoms with van der Waals surface area (Å²) < 4.78 is 7.50. The number of fused-ring (bicyclic) bond motifs is 1. The van der Waals surface area contributed by atoms with Crippen LogP contribution in [0, 0.1) is 0 Å². The van der Waals surface area contributed by atoms with E-state index in [9.17, 15) is 9.59 Å². The number of nitrogens with zero attached hydrogens (tertiary/aromatic N) is 2. The second-order valence-corrected chi connectivity index (χ2v) is 9.26. The maximum atomic E-state index is 13.5. The second kappa shape index (κ2) is 10.2. The molecule has 1 aliphatic heterocycles. The molecule has 7 heteroatoms. The van der Waals surface area contributed by atoms with Crippen LogP contribution in [-0.4, -0.2) is 23.4 Å². The topological polar surface area (TPSA) is 60.7 Å². The summed E-state index contributed by atoms with van der Waals surface area (Å²) in [5.74, 6) is -0.448. The molecule has 1 aliphatic rings. The number of thioether (sulfide) groups is 1. The quantitative estimate of drug-likeness (QED) is 0.396. The third-order valence-corrected chi connectivity index (χ3v) is 7.03. The van der Waals surface area contributed by atoms with Crippen LogP contribution in [-0.2, 0) is 9.53 Å². The molecule has 168 valence electrons. The van der Waals surface area contributed by atoms with Gasteiger partial charge in [0.25, 0.3) is 5.56 Å². The number of allylic oxidation sites excluding steroid dienone is 2. The van der Waals surface area contributed by atoms with Gasteiger partial charge in [-0.2, -0.15) is 0 Å². The molecule has 3 aromatic rings. The van der Waals surface area contributed by atoms with Crippen LogP contribution >= 0.6 is 23.1 Å². The van der Waals surface area contributed by atoms with Crippen molar-refractivity contribution in [1.29, 1.82) is 0 Å². The number of benzene rings is 2. The smallest absolute Gasteiger partial charge is 0.338 e. The Bertz CT molecular complexity index is 1400. The van der Waals surface area contributed by atoms with E-state index in [0.29, 0.717) is 20.6 Å². The van der Waals surface area contributed by atoms with Crippen LogP contribution < -0.4 is 14.9 Å². The van der Waals surface area contributed by atoms with Gasteiger partial charge in [0.15, 0.2) is 4.80 Å². The van der Waals surface area contributed by atoms with E-state index in [-0.39, 0.29) is 12.2 Å². The Morgan fingerprint density at radius 2 is 1.91 bits per heavy atom. The monoisotopic (exact) mass is 476 g/mol. The summed E-state index contributed by atoms with van der Waals surface area (Å²) in [5, 5.41) is 0. The highest BCUT2D eigenvalue weighted by atomic mass is 32.2. The van der Waals surface area contributed by atoms with Gasteiger partial charge in [-0.15, -0.1) is 11.8 Å². The van der Waals surface area contributed by atoms with Gasteiger partial charge in [-0.05, 0) is 49.4 Å². The molecule has 0 saturated carbocycles. The van der Waals surface area contributed by atoms with Gasteiger partial charge in [0.1, 0.15) is 0 Å². The summed E-state index contributed by atoms with van der Waals surface area (Å²) in [6.07, 6.45) is 7.62. The van der Waals surface area contributed by atoms with E-state index in [2.05, 4.69) is 4.99 Å². The normalized spacial score (nSPS) is 16.1. The lowest BCUT2D eigenvalue weighted by atomic mass is 9.96. The van der Waals surface area contributed by atoms with E-state index < -0.39 is 12.0 Å². The lowest BCUT2D eigenvalue weighted by Crippen LogP contribution is -2.39. The summed E-state index contributed by atoms with van der Waals surface area (Å²) >= 11 is 2.96. The number of ether oxygens (including phenoxy) is 1. The number of aromatic nitrogens is 1. The second-order valence-electron chi connectivity index (χ2n) is 7.37. The highest BCUT2D eigenvalue weighted by molar-refractivity contribution is 7.98. The molecule has 1 atom stereocenters. The molecule has 1 aromatic heterocycles. The first kappa shape index (κ1) is 23.0. The fraction of sp³-hybridized carbons (Fsp3) is 0.192. The van der Waals surface area contributed by atoms with Crippen molar-refractivity contribution in [3.63, 3.8) is 0 Å². The maximum Gasteiger partial charge on any atom is 0.338 e. The van der Waals surface area contributed by atoms with Gasteiger partial charge in [0.2, 0.25) is 0 Å². The van der Waals surface area contributed by atoms with Gasteiger partial charge in [-0.25, -0.2) is 9.79 Å². The van der Waals surface area contributed by atoms with Gasteiger partial charge in [-0.3, -0.25) is 9.36 Å². The van der Waals surface area contributed by atoms with E-state index in [0.717, 1.165) is 16.0 Å². The Balaban J connectivity index is 1.85. The predicted octanol–water partition coefficient (Wildman–Crippen LogP) is 4.19. The van der Waals surface area contributed by atoms with Crippen LogP contribution in [0.5, 0.6) is 0 Å². The van der Waals surface area contributed by atoms with Crippen molar-refractivity contribution in [1.82, 2.24) is 4.57 Å². The van der Waals surface area contributed by atoms with Crippen LogP contribution in [0.4, 0.5) is 0 Å². The van der Waals surface area contributed by atoms with Gasteiger partial charge < -0.3 is 4.74 Å². The predicted molar refractivity (Wildman–Crippen MR) is 135 cm³/mol. The average Bonchev–Trinajstić information content (AvgIpc) is 3.13. The van der Waals surface area contributed by atoms with Crippen LogP contribution in [0.1, 0.15) is 31.0 Å². The van der Waals surface area contributed by atoms with Crippen molar-refractivity contribution in [2.75, 3.05) is 12.9 Å². The fourth-order valence-corrected chi connectivity index (χ4v) is 5.12. The van der Waals surface area contributed by atoms with Crippen LogP contribution in [0.3, 0.4) is 0 Å². The van der Waals surface area contributed by atoms with Gasteiger partial charge in [0, 0.05) is 4.90 Å². The SMILES string of the molecule is CCOC(=O)C1=C(C)N=c2s/c(=C/C=C/c3ccccc3)c(=O)n2[C@H]1c1ccc(SC)cc1. The Hall–Kier alpha value is -3.16. The highest BCUT2D eigenvalue weighted by Crippen LogP contribution is 2.31. The molecule has 0 N–H and O–H groups in total. The number of rotatable bonds is 6. The molecule has 0 bridgehead atoms. The molecule has 5 nitrogen and oxygen atoms in total. The Labute approximate surface area is 200 Å². The number of carbonyl (C=O) groups is 1. The first-order valence-corrected chi connectivity index (χ1v) is 12.6. The molecule has 4 rings (SSSR count). The summed E-state index contributed by atoms with van der Waals surface area (Å²) in [6, 6.07) is 17.2. The maximum absolute atomic E-state index is 13.5. The number of carbonyl (C=O) groups excluding carboxylic acids is 1. The molecule has 0 amide bonds.